The topological polar surface area (TPSA) is 110 Å². The summed E-state index contributed by atoms with van der Waals surface area (Å²) in [6, 6.07) is 9.16. The number of carboxylic acid groups (broad SMARTS) is 1. The molecule has 0 aliphatic carbocycles. The van der Waals surface area contributed by atoms with Crippen LogP contribution < -0.4 is 20.9 Å². The molecular weight excluding hydrogens is 601 g/mol. The van der Waals surface area contributed by atoms with E-state index in [-0.39, 0.29) is 12.0 Å². The number of nitrogens with one attached hydrogen (secondary N) is 2. The number of aliphatic carboxylic acids is 1. The van der Waals surface area contributed by atoms with E-state index in [1.807, 2.05) is 5.32 Å². The number of ether oxygens (including phenoxy) is 1. The van der Waals surface area contributed by atoms with Gasteiger partial charge in [-0.15, -0.1) is 0 Å². The van der Waals surface area contributed by atoms with Crippen LogP contribution in [0.2, 0.25) is 0 Å². The van der Waals surface area contributed by atoms with Crippen LogP contribution >= 0.6 is 0 Å². The molecule has 0 bridgehead atoms. The smallest absolute Gasteiger partial charge is 0.408 e. The normalized spacial score (nSPS) is 12.9. The number of pyridine rings is 1. The first-order chi connectivity index (χ1) is 21.2. The van der Waals surface area contributed by atoms with E-state index >= 15 is 0 Å². The summed E-state index contributed by atoms with van der Waals surface area (Å²) in [6.07, 6.45) is -5.41. The molecule has 0 aliphatic heterocycles. The minimum Gasteiger partial charge on any atom is -0.496 e. The van der Waals surface area contributed by atoms with Gasteiger partial charge in [0.2, 0.25) is 0 Å². The fraction of sp³-hybridized carbons (Fsp3) is 0.281. The number of fused-ring (bicyclic) bond motifs is 1. The van der Waals surface area contributed by atoms with Crippen LogP contribution in [-0.2, 0) is 18.3 Å². The Morgan fingerprint density at radius 2 is 1.64 bits per heavy atom. The number of rotatable bonds is 10. The molecule has 0 aliphatic rings. The number of benzene rings is 3. The number of anilines is 1. The second-order valence-corrected chi connectivity index (χ2v) is 10.4. The van der Waals surface area contributed by atoms with Gasteiger partial charge in [-0.25, -0.2) is 13.6 Å². The molecule has 0 radical (unpaired) electrons. The fourth-order valence-electron chi connectivity index (χ4n) is 5.10. The Balaban J connectivity index is 1.67. The van der Waals surface area contributed by atoms with E-state index in [0.29, 0.717) is 51.0 Å². The van der Waals surface area contributed by atoms with Crippen molar-refractivity contribution < 1.29 is 41.4 Å². The van der Waals surface area contributed by atoms with Crippen LogP contribution in [0.1, 0.15) is 35.0 Å². The Hall–Kier alpha value is -4.94. The van der Waals surface area contributed by atoms with Gasteiger partial charge in [-0.1, -0.05) is 43.3 Å². The van der Waals surface area contributed by atoms with Crippen LogP contribution in [0, 0.1) is 18.6 Å². The molecule has 0 saturated heterocycles. The van der Waals surface area contributed by atoms with Gasteiger partial charge in [0.15, 0.2) is 0 Å². The second-order valence-electron chi connectivity index (χ2n) is 10.4. The summed E-state index contributed by atoms with van der Waals surface area (Å²) in [6.45, 7) is 3.00. The highest BCUT2D eigenvalue weighted by molar-refractivity contribution is 6.00. The first-order valence-corrected chi connectivity index (χ1v) is 13.8. The average Bonchev–Trinajstić information content (AvgIpc) is 2.97. The lowest BCUT2D eigenvalue weighted by Crippen LogP contribution is -2.43. The standard InChI is InChI=1S/C32H30F5N3O5/c1-5-26(32(35,36)37)38-18-14-22(33)28(23(34)15-18)29(41)39-24(31(43)44)13-17-10-11-21(20-9-7-6-8-19(17)20)27-25(45-4)12-16(2)40(3)30(27)42/h6-12,14-15,24,26,38H,5,13H2,1-4H3,(H,39,41)(H,43,44). The van der Waals surface area contributed by atoms with Crippen LogP contribution in [0.5, 0.6) is 5.75 Å². The third-order valence-corrected chi connectivity index (χ3v) is 7.58. The molecule has 13 heteroatoms. The second kappa shape index (κ2) is 13.0. The van der Waals surface area contributed by atoms with Crippen LogP contribution in [0.4, 0.5) is 27.6 Å². The van der Waals surface area contributed by atoms with Gasteiger partial charge in [-0.05, 0) is 47.4 Å². The molecule has 4 aromatic rings. The number of halogens is 5. The van der Waals surface area contributed by atoms with E-state index < -0.39 is 59.4 Å². The predicted octanol–water partition coefficient (Wildman–Crippen LogP) is 5.98. The molecule has 8 nitrogen and oxygen atoms in total. The Morgan fingerprint density at radius 3 is 2.20 bits per heavy atom. The lowest BCUT2D eigenvalue weighted by molar-refractivity contribution is -0.143. The monoisotopic (exact) mass is 631 g/mol. The maximum Gasteiger partial charge on any atom is 0.408 e. The van der Waals surface area contributed by atoms with Gasteiger partial charge in [0.05, 0.1) is 12.7 Å². The van der Waals surface area contributed by atoms with Crippen molar-refractivity contribution in [1.82, 2.24) is 9.88 Å². The van der Waals surface area contributed by atoms with Gasteiger partial charge < -0.3 is 25.0 Å². The molecule has 0 spiro atoms. The van der Waals surface area contributed by atoms with Crippen molar-refractivity contribution in [3.63, 3.8) is 0 Å². The zero-order valence-electron chi connectivity index (χ0n) is 24.7. The molecule has 3 N–H and O–H groups in total. The SMILES string of the molecule is CCC(Nc1cc(F)c(C(=O)NC(Cc2ccc(-c3c(OC)cc(C)n(C)c3=O)c3ccccc23)C(=O)O)c(F)c1)C(F)(F)F. The number of amides is 1. The summed E-state index contributed by atoms with van der Waals surface area (Å²) in [7, 11) is 3.06. The number of hydrogen-bond donors (Lipinski definition) is 3. The van der Waals surface area contributed by atoms with Crippen molar-refractivity contribution >= 4 is 28.3 Å². The number of carbonyl (C=O) groups is 2. The number of carbonyl (C=O) groups excluding carboxylic acids is 1. The number of alkyl halides is 3. The van der Waals surface area contributed by atoms with E-state index in [4.69, 9.17) is 4.74 Å². The third-order valence-electron chi connectivity index (χ3n) is 7.58. The molecule has 238 valence electrons. The van der Waals surface area contributed by atoms with Crippen molar-refractivity contribution in [2.45, 2.75) is 44.9 Å². The number of carboxylic acids is 1. The van der Waals surface area contributed by atoms with E-state index in [1.165, 1.54) is 18.6 Å². The summed E-state index contributed by atoms with van der Waals surface area (Å²) >= 11 is 0. The Kier molecular flexibility index (Phi) is 9.50. The van der Waals surface area contributed by atoms with Crippen molar-refractivity contribution in [3.8, 4) is 16.9 Å². The number of hydrogen-bond acceptors (Lipinski definition) is 5. The van der Waals surface area contributed by atoms with Crippen LogP contribution in [-0.4, -0.2) is 46.9 Å². The van der Waals surface area contributed by atoms with Gasteiger partial charge in [0, 0.05) is 30.9 Å². The minimum atomic E-state index is -4.68. The van der Waals surface area contributed by atoms with Gasteiger partial charge in [-0.3, -0.25) is 9.59 Å². The molecule has 45 heavy (non-hydrogen) atoms. The van der Waals surface area contributed by atoms with E-state index in [9.17, 15) is 41.4 Å². The predicted molar refractivity (Wildman–Crippen MR) is 159 cm³/mol. The minimum absolute atomic E-state index is 0.292. The van der Waals surface area contributed by atoms with Gasteiger partial charge in [-0.2, -0.15) is 13.2 Å². The van der Waals surface area contributed by atoms with Gasteiger partial charge in [0.1, 0.15) is 35.0 Å². The van der Waals surface area contributed by atoms with E-state index in [1.54, 1.807) is 56.4 Å². The molecule has 3 aromatic carbocycles. The highest BCUT2D eigenvalue weighted by Crippen LogP contribution is 2.35. The first kappa shape index (κ1) is 33.0. The summed E-state index contributed by atoms with van der Waals surface area (Å²) in [5.74, 6) is -5.50. The fourth-order valence-corrected chi connectivity index (χ4v) is 5.10. The van der Waals surface area contributed by atoms with Crippen LogP contribution in [0.25, 0.3) is 21.9 Å². The van der Waals surface area contributed by atoms with Crippen LogP contribution in [0.15, 0.2) is 59.4 Å². The highest BCUT2D eigenvalue weighted by atomic mass is 19.4. The zero-order valence-corrected chi connectivity index (χ0v) is 24.7. The summed E-state index contributed by atoms with van der Waals surface area (Å²) in [4.78, 5) is 38.3. The largest absolute Gasteiger partial charge is 0.496 e. The summed E-state index contributed by atoms with van der Waals surface area (Å²) in [5.41, 5.74) is -0.0528. The summed E-state index contributed by atoms with van der Waals surface area (Å²) < 4.78 is 76.0. The highest BCUT2D eigenvalue weighted by Gasteiger charge is 2.38. The van der Waals surface area contributed by atoms with Gasteiger partial charge >= 0.3 is 12.1 Å². The molecule has 2 atom stereocenters. The molecular formula is C32H30F5N3O5. The molecule has 0 saturated carbocycles. The lowest BCUT2D eigenvalue weighted by Gasteiger charge is -2.22. The average molecular weight is 632 g/mol. The Morgan fingerprint density at radius 1 is 1.02 bits per heavy atom. The van der Waals surface area contributed by atoms with Crippen LogP contribution in [0.3, 0.4) is 0 Å². The third kappa shape index (κ3) is 6.76. The number of methoxy groups -OCH3 is 1. The maximum atomic E-state index is 14.8. The molecule has 4 rings (SSSR count). The maximum absolute atomic E-state index is 14.8. The number of aryl methyl sites for hydroxylation is 1. The molecule has 1 amide bonds. The van der Waals surface area contributed by atoms with Crippen molar-refractivity contribution in [2.24, 2.45) is 7.05 Å². The van der Waals surface area contributed by atoms with Crippen molar-refractivity contribution in [2.75, 3.05) is 12.4 Å². The Bertz CT molecular complexity index is 1810. The van der Waals surface area contributed by atoms with Crippen molar-refractivity contribution in [3.05, 3.63) is 93.4 Å². The number of nitrogens with zero attached hydrogens (tertiary/aromatic N) is 1. The molecule has 1 aromatic heterocycles. The first-order valence-electron chi connectivity index (χ1n) is 13.8. The molecule has 2 unspecified atom stereocenters. The van der Waals surface area contributed by atoms with E-state index in [0.717, 1.165) is 0 Å². The van der Waals surface area contributed by atoms with Crippen molar-refractivity contribution in [1.29, 1.82) is 0 Å². The van der Waals surface area contributed by atoms with Gasteiger partial charge in [0.25, 0.3) is 11.5 Å². The lowest BCUT2D eigenvalue weighted by atomic mass is 9.92. The summed E-state index contributed by atoms with van der Waals surface area (Å²) in [5, 5.41) is 15.2. The van der Waals surface area contributed by atoms with E-state index in [2.05, 4.69) is 5.32 Å². The molecule has 1 heterocycles. The number of aromatic nitrogens is 1. The zero-order chi connectivity index (χ0) is 33.2. The molecule has 0 fully saturated rings. The Labute approximate surface area is 254 Å². The quantitative estimate of drug-likeness (QED) is 0.186.